The molecule has 0 radical (unpaired) electrons. The van der Waals surface area contributed by atoms with Crippen LogP contribution in [0.15, 0.2) is 12.7 Å². The molecule has 0 saturated carbocycles. The Kier molecular flexibility index (Phi) is 4.03. The number of piperidine rings is 1. The van der Waals surface area contributed by atoms with Crippen LogP contribution in [0.1, 0.15) is 47.0 Å². The maximum Gasteiger partial charge on any atom is 0.309 e. The number of likely N-dealkylation sites (tertiary alicyclic amines) is 1. The predicted molar refractivity (Wildman–Crippen MR) is 69.8 cm³/mol. The van der Waals surface area contributed by atoms with Crippen molar-refractivity contribution in [3.05, 3.63) is 12.7 Å². The smallest absolute Gasteiger partial charge is 0.309 e. The molecule has 0 spiro atoms. The number of nitrogens with zero attached hydrogens (tertiary/aromatic N) is 1. The first kappa shape index (κ1) is 14.2. The summed E-state index contributed by atoms with van der Waals surface area (Å²) in [6.45, 7) is 12.3. The van der Waals surface area contributed by atoms with Gasteiger partial charge in [-0.05, 0) is 34.7 Å². The Morgan fingerprint density at radius 3 is 2.24 bits per heavy atom. The number of hydrogen-bond acceptors (Lipinski definition) is 3. The van der Waals surface area contributed by atoms with Crippen LogP contribution in [-0.2, 0) is 9.53 Å². The van der Waals surface area contributed by atoms with Gasteiger partial charge in [0.1, 0.15) is 6.10 Å². The summed E-state index contributed by atoms with van der Waals surface area (Å²) >= 11 is 0. The van der Waals surface area contributed by atoms with E-state index < -0.39 is 0 Å². The molecule has 0 atom stereocenters. The lowest BCUT2D eigenvalue weighted by Gasteiger charge is -2.53. The fourth-order valence-corrected chi connectivity index (χ4v) is 2.71. The molecule has 3 nitrogen and oxygen atoms in total. The van der Waals surface area contributed by atoms with E-state index in [0.717, 1.165) is 12.8 Å². The van der Waals surface area contributed by atoms with Gasteiger partial charge in [-0.3, -0.25) is 9.69 Å². The summed E-state index contributed by atoms with van der Waals surface area (Å²) in [6.07, 6.45) is 3.68. The molecule has 1 saturated heterocycles. The Morgan fingerprint density at radius 1 is 1.35 bits per heavy atom. The standard InChI is InChI=1S/C14H25NO2/c1-7-8-12(16)17-11-9-13(2,3)15(6)14(4,5)10-11/h7,11H,1,8-10H2,2-6H3. The lowest BCUT2D eigenvalue weighted by atomic mass is 9.79. The van der Waals surface area contributed by atoms with Crippen molar-refractivity contribution in [3.8, 4) is 0 Å². The molecule has 0 aromatic heterocycles. The Hall–Kier alpha value is -0.830. The topological polar surface area (TPSA) is 29.5 Å². The number of hydrogen-bond donors (Lipinski definition) is 0. The van der Waals surface area contributed by atoms with Gasteiger partial charge in [-0.15, -0.1) is 6.58 Å². The molecule has 0 aromatic rings. The highest BCUT2D eigenvalue weighted by Gasteiger charge is 2.44. The van der Waals surface area contributed by atoms with Crippen molar-refractivity contribution in [2.45, 2.75) is 64.1 Å². The van der Waals surface area contributed by atoms with E-state index in [2.05, 4.69) is 46.2 Å². The molecule has 0 N–H and O–H groups in total. The van der Waals surface area contributed by atoms with Crippen LogP contribution in [0.5, 0.6) is 0 Å². The zero-order chi connectivity index (χ0) is 13.3. The molecular weight excluding hydrogens is 214 g/mol. The fourth-order valence-electron chi connectivity index (χ4n) is 2.71. The van der Waals surface area contributed by atoms with Crippen molar-refractivity contribution in [3.63, 3.8) is 0 Å². The Balaban J connectivity index is 2.71. The normalized spacial score (nSPS) is 24.3. The van der Waals surface area contributed by atoms with Crippen molar-refractivity contribution in [1.29, 1.82) is 0 Å². The molecule has 0 aliphatic carbocycles. The average Bonchev–Trinajstić information content (AvgIpc) is 2.13. The van der Waals surface area contributed by atoms with Crippen molar-refractivity contribution in [2.75, 3.05) is 7.05 Å². The minimum Gasteiger partial charge on any atom is -0.462 e. The molecular formula is C14H25NO2. The van der Waals surface area contributed by atoms with Crippen LogP contribution < -0.4 is 0 Å². The Labute approximate surface area is 105 Å². The third kappa shape index (κ3) is 3.32. The van der Waals surface area contributed by atoms with Crippen molar-refractivity contribution >= 4 is 5.97 Å². The molecule has 1 aliphatic heterocycles. The first-order chi connectivity index (χ1) is 7.69. The van der Waals surface area contributed by atoms with Gasteiger partial charge >= 0.3 is 5.97 Å². The SMILES string of the molecule is C=CCC(=O)OC1CC(C)(C)N(C)C(C)(C)C1. The molecule has 1 heterocycles. The number of carbonyl (C=O) groups is 1. The monoisotopic (exact) mass is 239 g/mol. The van der Waals surface area contributed by atoms with Gasteiger partial charge in [0.2, 0.25) is 0 Å². The first-order valence-corrected chi connectivity index (χ1v) is 6.23. The van der Waals surface area contributed by atoms with Crippen LogP contribution in [0, 0.1) is 0 Å². The minimum absolute atomic E-state index is 0.0173. The zero-order valence-electron chi connectivity index (χ0n) is 11.7. The second-order valence-electron chi connectivity index (χ2n) is 6.20. The molecule has 98 valence electrons. The molecule has 0 aromatic carbocycles. The minimum atomic E-state index is -0.166. The van der Waals surface area contributed by atoms with Crippen molar-refractivity contribution in [1.82, 2.24) is 4.90 Å². The number of carbonyl (C=O) groups excluding carboxylic acids is 1. The van der Waals surface area contributed by atoms with E-state index >= 15 is 0 Å². The summed E-state index contributed by atoms with van der Waals surface area (Å²) in [6, 6.07) is 0. The molecule has 3 heteroatoms. The second kappa shape index (κ2) is 4.81. The van der Waals surface area contributed by atoms with Gasteiger partial charge in [0.15, 0.2) is 0 Å². The molecule has 1 fully saturated rings. The summed E-state index contributed by atoms with van der Waals surface area (Å²) in [7, 11) is 2.14. The molecule has 0 unspecified atom stereocenters. The lowest BCUT2D eigenvalue weighted by Crippen LogP contribution is -2.60. The van der Waals surface area contributed by atoms with E-state index in [-0.39, 0.29) is 23.2 Å². The van der Waals surface area contributed by atoms with E-state index in [9.17, 15) is 4.79 Å². The third-order valence-corrected chi connectivity index (χ3v) is 3.88. The maximum absolute atomic E-state index is 11.5. The van der Waals surface area contributed by atoms with Crippen LogP contribution in [0.3, 0.4) is 0 Å². The van der Waals surface area contributed by atoms with Crippen LogP contribution in [0.4, 0.5) is 0 Å². The van der Waals surface area contributed by atoms with Gasteiger partial charge in [-0.1, -0.05) is 6.08 Å². The highest BCUT2D eigenvalue weighted by Crippen LogP contribution is 2.38. The van der Waals surface area contributed by atoms with Crippen LogP contribution in [0.25, 0.3) is 0 Å². The highest BCUT2D eigenvalue weighted by molar-refractivity contribution is 5.71. The maximum atomic E-state index is 11.5. The van der Waals surface area contributed by atoms with Crippen LogP contribution in [0.2, 0.25) is 0 Å². The van der Waals surface area contributed by atoms with E-state index in [0.29, 0.717) is 6.42 Å². The Bertz CT molecular complexity index is 289. The zero-order valence-corrected chi connectivity index (χ0v) is 11.7. The summed E-state index contributed by atoms with van der Waals surface area (Å²) in [5.74, 6) is -0.166. The molecule has 1 aliphatic rings. The van der Waals surface area contributed by atoms with Gasteiger partial charge in [0.25, 0.3) is 0 Å². The van der Waals surface area contributed by atoms with Gasteiger partial charge in [-0.25, -0.2) is 0 Å². The Morgan fingerprint density at radius 2 is 1.82 bits per heavy atom. The van der Waals surface area contributed by atoms with Crippen LogP contribution in [-0.4, -0.2) is 35.1 Å². The number of ether oxygens (including phenoxy) is 1. The summed E-state index contributed by atoms with van der Waals surface area (Å²) in [5.41, 5.74) is 0.113. The van der Waals surface area contributed by atoms with Gasteiger partial charge in [-0.2, -0.15) is 0 Å². The van der Waals surface area contributed by atoms with E-state index in [4.69, 9.17) is 4.74 Å². The summed E-state index contributed by atoms with van der Waals surface area (Å²) < 4.78 is 5.51. The van der Waals surface area contributed by atoms with Crippen molar-refractivity contribution < 1.29 is 9.53 Å². The summed E-state index contributed by atoms with van der Waals surface area (Å²) in [4.78, 5) is 13.9. The van der Waals surface area contributed by atoms with E-state index in [1.54, 1.807) is 6.08 Å². The molecule has 0 bridgehead atoms. The highest BCUT2D eigenvalue weighted by atomic mass is 16.5. The van der Waals surface area contributed by atoms with Crippen LogP contribution >= 0.6 is 0 Å². The molecule has 0 amide bonds. The molecule has 1 rings (SSSR count). The quantitative estimate of drug-likeness (QED) is 0.560. The summed E-state index contributed by atoms with van der Waals surface area (Å²) in [5, 5.41) is 0. The lowest BCUT2D eigenvalue weighted by molar-refractivity contribution is -0.157. The number of rotatable bonds is 3. The average molecular weight is 239 g/mol. The van der Waals surface area contributed by atoms with Gasteiger partial charge < -0.3 is 4.74 Å². The largest absolute Gasteiger partial charge is 0.462 e. The number of esters is 1. The van der Waals surface area contributed by atoms with E-state index in [1.807, 2.05) is 0 Å². The fraction of sp³-hybridized carbons (Fsp3) is 0.786. The van der Waals surface area contributed by atoms with Gasteiger partial charge in [0.05, 0.1) is 6.42 Å². The molecule has 17 heavy (non-hydrogen) atoms. The van der Waals surface area contributed by atoms with Gasteiger partial charge in [0, 0.05) is 23.9 Å². The third-order valence-electron chi connectivity index (χ3n) is 3.88. The first-order valence-electron chi connectivity index (χ1n) is 6.23. The second-order valence-corrected chi connectivity index (χ2v) is 6.20. The predicted octanol–water partition coefficient (Wildman–Crippen LogP) is 2.76. The van der Waals surface area contributed by atoms with E-state index in [1.165, 1.54) is 0 Å². The van der Waals surface area contributed by atoms with Crippen molar-refractivity contribution in [2.24, 2.45) is 0 Å².